The maximum Gasteiger partial charge on any atom is 0.308 e. The van der Waals surface area contributed by atoms with Crippen LogP contribution in [0.3, 0.4) is 0 Å². The molecule has 0 amide bonds. The van der Waals surface area contributed by atoms with E-state index < -0.39 is 6.10 Å². The summed E-state index contributed by atoms with van der Waals surface area (Å²) in [6.45, 7) is 0. The Morgan fingerprint density at radius 2 is 1.28 bits per heavy atom. The lowest BCUT2D eigenvalue weighted by atomic mass is 9.75. The second-order valence-electron chi connectivity index (χ2n) is 15.2. The Morgan fingerprint density at radius 3 is 1.74 bits per heavy atom. The van der Waals surface area contributed by atoms with Gasteiger partial charge in [-0.15, -0.1) is 0 Å². The summed E-state index contributed by atoms with van der Waals surface area (Å²) >= 11 is 0. The van der Waals surface area contributed by atoms with Crippen LogP contribution in [0.1, 0.15) is 101 Å². The van der Waals surface area contributed by atoms with Gasteiger partial charge in [-0.2, -0.15) is 0 Å². The molecule has 4 atom stereocenters. The second kappa shape index (κ2) is 13.7. The molecule has 50 heavy (non-hydrogen) atoms. The van der Waals surface area contributed by atoms with E-state index in [0.717, 1.165) is 98.1 Å². The van der Waals surface area contributed by atoms with Crippen LogP contribution in [-0.4, -0.2) is 75.3 Å². The van der Waals surface area contributed by atoms with Gasteiger partial charge >= 0.3 is 5.97 Å². The zero-order chi connectivity index (χ0) is 34.4. The Bertz CT molecular complexity index is 1800. The van der Waals surface area contributed by atoms with Gasteiger partial charge in [-0.05, 0) is 106 Å². The fourth-order valence-corrected chi connectivity index (χ4v) is 9.36. The van der Waals surface area contributed by atoms with E-state index in [2.05, 4.69) is 41.2 Å². The Hall–Kier alpha value is -3.93. The standard InChI is InChI=1S/C20H25N3O2.C19H23N3O3/c24-18(13-3-5-14(6-4-13)20(25)7-8-20)10-16-19-15(2-1-9-22-19)17-11-21-12-23(16)17;1-25-19(24)13-6-4-12(5-7-13)17(23)9-15-18-14(3-2-8-21-18)16-10-20-11-22(15)16/h1-2,9,11-14,16,18,24-25H,3-8,10H2;2-3,8,10-13,15,17,23H,4-7,9H2,1H3/t13?,14?,16-,18+;/m1./s1. The molecule has 0 spiro atoms. The smallest absolute Gasteiger partial charge is 0.308 e. The maximum atomic E-state index is 11.7. The number of fused-ring (bicyclic) bond motifs is 6. The fourth-order valence-electron chi connectivity index (χ4n) is 9.36. The van der Waals surface area contributed by atoms with Crippen molar-refractivity contribution in [1.82, 2.24) is 29.1 Å². The van der Waals surface area contributed by atoms with Crippen LogP contribution in [-0.2, 0) is 9.53 Å². The number of ether oxygens (including phenoxy) is 1. The number of carbonyl (C=O) groups is 1. The number of nitrogens with zero attached hydrogens (tertiary/aromatic N) is 6. The summed E-state index contributed by atoms with van der Waals surface area (Å²) < 4.78 is 9.11. The minimum absolute atomic E-state index is 0.0115. The zero-order valence-corrected chi connectivity index (χ0v) is 28.7. The lowest BCUT2D eigenvalue weighted by molar-refractivity contribution is -0.147. The summed E-state index contributed by atoms with van der Waals surface area (Å²) in [4.78, 5) is 29.3. The number of imidazole rings is 2. The number of carbonyl (C=O) groups excluding carboxylic acids is 1. The fraction of sp³-hybridized carbons (Fsp3) is 0.564. The topological polar surface area (TPSA) is 148 Å². The van der Waals surface area contributed by atoms with E-state index in [1.165, 1.54) is 7.11 Å². The first kappa shape index (κ1) is 33.2. The van der Waals surface area contributed by atoms with Crippen LogP contribution < -0.4 is 0 Å². The van der Waals surface area contributed by atoms with Gasteiger partial charge in [0.25, 0.3) is 0 Å². The summed E-state index contributed by atoms with van der Waals surface area (Å²) in [5, 5.41) is 32.1. The average Bonchev–Trinajstić information content (AvgIpc) is 3.53. The van der Waals surface area contributed by atoms with E-state index in [0.29, 0.717) is 24.7 Å². The number of rotatable bonds is 8. The van der Waals surface area contributed by atoms with Crippen molar-refractivity contribution in [2.75, 3.05) is 7.11 Å². The van der Waals surface area contributed by atoms with E-state index in [1.807, 2.05) is 43.4 Å². The number of hydrogen-bond acceptors (Lipinski definition) is 9. The van der Waals surface area contributed by atoms with E-state index >= 15 is 0 Å². The molecule has 3 fully saturated rings. The van der Waals surface area contributed by atoms with Gasteiger partial charge in [0, 0.05) is 36.4 Å². The summed E-state index contributed by atoms with van der Waals surface area (Å²) in [5.41, 5.74) is 6.11. The number of hydrogen-bond donors (Lipinski definition) is 3. The van der Waals surface area contributed by atoms with Gasteiger partial charge in [-0.25, -0.2) is 9.97 Å². The van der Waals surface area contributed by atoms with Crippen LogP contribution in [0.5, 0.6) is 0 Å². The molecule has 11 heteroatoms. The molecule has 2 aliphatic heterocycles. The maximum absolute atomic E-state index is 11.7. The molecule has 4 aromatic heterocycles. The summed E-state index contributed by atoms with van der Waals surface area (Å²) in [7, 11) is 1.44. The van der Waals surface area contributed by atoms with Crippen molar-refractivity contribution in [3.8, 4) is 22.5 Å². The molecule has 0 aromatic carbocycles. The first-order valence-corrected chi connectivity index (χ1v) is 18.4. The predicted molar refractivity (Wildman–Crippen MR) is 186 cm³/mol. The molecule has 6 heterocycles. The molecule has 0 radical (unpaired) electrons. The van der Waals surface area contributed by atoms with Gasteiger partial charge in [-0.3, -0.25) is 14.8 Å². The number of aliphatic hydroxyl groups excluding tert-OH is 2. The van der Waals surface area contributed by atoms with E-state index in [9.17, 15) is 20.1 Å². The highest BCUT2D eigenvalue weighted by molar-refractivity contribution is 5.72. The third-order valence-electron chi connectivity index (χ3n) is 12.5. The molecule has 2 unspecified atom stereocenters. The molecule has 264 valence electrons. The highest BCUT2D eigenvalue weighted by atomic mass is 16.5. The minimum Gasteiger partial charge on any atom is -0.469 e. The number of esters is 1. The average molecular weight is 681 g/mol. The lowest BCUT2D eigenvalue weighted by Crippen LogP contribution is -2.32. The quantitative estimate of drug-likeness (QED) is 0.205. The van der Waals surface area contributed by atoms with Crippen LogP contribution in [0.4, 0.5) is 0 Å². The Balaban J connectivity index is 0.000000144. The molecule has 0 bridgehead atoms. The van der Waals surface area contributed by atoms with Crippen LogP contribution in [0, 0.1) is 23.7 Å². The Morgan fingerprint density at radius 1 is 0.800 bits per heavy atom. The first-order chi connectivity index (χ1) is 24.3. The van der Waals surface area contributed by atoms with Crippen LogP contribution in [0.15, 0.2) is 61.7 Å². The van der Waals surface area contributed by atoms with Crippen molar-refractivity contribution in [2.24, 2.45) is 23.7 Å². The van der Waals surface area contributed by atoms with Crippen molar-refractivity contribution in [3.63, 3.8) is 0 Å². The third-order valence-corrected chi connectivity index (χ3v) is 12.5. The molecular formula is C39H48N6O5. The number of pyridine rings is 2. The summed E-state index contributed by atoms with van der Waals surface area (Å²) in [6, 6.07) is 8.14. The van der Waals surface area contributed by atoms with Gasteiger partial charge < -0.3 is 29.2 Å². The van der Waals surface area contributed by atoms with Gasteiger partial charge in [-0.1, -0.05) is 0 Å². The highest BCUT2D eigenvalue weighted by Crippen LogP contribution is 2.50. The van der Waals surface area contributed by atoms with Crippen LogP contribution >= 0.6 is 0 Å². The van der Waals surface area contributed by atoms with Gasteiger partial charge in [0.1, 0.15) is 0 Å². The summed E-state index contributed by atoms with van der Waals surface area (Å²) in [5.74, 6) is 0.872. The first-order valence-electron chi connectivity index (χ1n) is 18.4. The largest absolute Gasteiger partial charge is 0.469 e. The molecule has 0 saturated heterocycles. The zero-order valence-electron chi connectivity index (χ0n) is 28.7. The summed E-state index contributed by atoms with van der Waals surface area (Å²) in [6.07, 6.45) is 21.0. The molecule has 3 N–H and O–H groups in total. The number of aromatic nitrogens is 6. The van der Waals surface area contributed by atoms with Crippen molar-refractivity contribution in [3.05, 3.63) is 73.1 Å². The molecule has 9 rings (SSSR count). The molecule has 3 saturated carbocycles. The van der Waals surface area contributed by atoms with Gasteiger partial charge in [0.15, 0.2) is 0 Å². The Labute approximate surface area is 292 Å². The van der Waals surface area contributed by atoms with Crippen molar-refractivity contribution in [2.45, 2.75) is 107 Å². The number of aliphatic hydroxyl groups is 3. The minimum atomic E-state index is -0.410. The molecule has 5 aliphatic rings. The molecule has 3 aliphatic carbocycles. The van der Waals surface area contributed by atoms with E-state index in [4.69, 9.17) is 4.74 Å². The predicted octanol–water partition coefficient (Wildman–Crippen LogP) is 5.51. The number of methoxy groups -OCH3 is 1. The Kier molecular flexibility index (Phi) is 9.07. The van der Waals surface area contributed by atoms with Crippen LogP contribution in [0.25, 0.3) is 22.5 Å². The normalized spacial score (nSPS) is 28.2. The monoisotopic (exact) mass is 680 g/mol. The lowest BCUT2D eigenvalue weighted by Gasteiger charge is -2.34. The van der Waals surface area contributed by atoms with Crippen molar-refractivity contribution >= 4 is 5.97 Å². The highest BCUT2D eigenvalue weighted by Gasteiger charge is 2.49. The van der Waals surface area contributed by atoms with Crippen molar-refractivity contribution in [1.29, 1.82) is 0 Å². The van der Waals surface area contributed by atoms with Crippen LogP contribution in [0.2, 0.25) is 0 Å². The van der Waals surface area contributed by atoms with E-state index in [1.54, 1.807) is 6.20 Å². The molecule has 4 aromatic rings. The van der Waals surface area contributed by atoms with Gasteiger partial charge in [0.05, 0.1) is 90.7 Å². The third kappa shape index (κ3) is 6.17. The van der Waals surface area contributed by atoms with E-state index in [-0.39, 0.29) is 41.6 Å². The SMILES string of the molecule is COC(=O)C1CCC(C(O)CC2c3ncccc3-c3cncn32)CC1.O[C@@H](C[C@@H]1c2ncccc2-c2cncn21)C1CCC(C2(O)CC2)CC1. The molecule has 11 nitrogen and oxygen atoms in total. The molecular weight excluding hydrogens is 632 g/mol. The van der Waals surface area contributed by atoms with Crippen molar-refractivity contribution < 1.29 is 24.9 Å². The second-order valence-corrected chi connectivity index (χ2v) is 15.2. The van der Waals surface area contributed by atoms with Gasteiger partial charge in [0.2, 0.25) is 0 Å².